The van der Waals surface area contributed by atoms with Gasteiger partial charge in [-0.25, -0.2) is 15.2 Å². The minimum Gasteiger partial charge on any atom is -0.325 e. The maximum absolute atomic E-state index is 13.0. The molecule has 2 aromatic carbocycles. The van der Waals surface area contributed by atoms with Crippen molar-refractivity contribution in [3.8, 4) is 0 Å². The molecule has 1 fully saturated rings. The summed E-state index contributed by atoms with van der Waals surface area (Å²) < 4.78 is 13.0. The Balaban J connectivity index is 1.62. The van der Waals surface area contributed by atoms with Gasteiger partial charge in [0.05, 0.1) is 0 Å². The number of benzene rings is 2. The second kappa shape index (κ2) is 7.11. The number of halogens is 1. The second-order valence-electron chi connectivity index (χ2n) is 6.45. The third-order valence-corrected chi connectivity index (χ3v) is 4.31. The SMILES string of the molecule is CC(C)c1cccc(NC(=O)C2CC(c3ccc(F)cc3)NN2)c1. The number of hydrazine groups is 1. The Labute approximate surface area is 141 Å². The van der Waals surface area contributed by atoms with E-state index in [-0.39, 0.29) is 23.8 Å². The summed E-state index contributed by atoms with van der Waals surface area (Å²) in [6.45, 7) is 4.24. The third-order valence-electron chi connectivity index (χ3n) is 4.31. The lowest BCUT2D eigenvalue weighted by molar-refractivity contribution is -0.117. The van der Waals surface area contributed by atoms with E-state index < -0.39 is 0 Å². The molecule has 24 heavy (non-hydrogen) atoms. The van der Waals surface area contributed by atoms with Crippen LogP contribution in [0.15, 0.2) is 48.5 Å². The second-order valence-corrected chi connectivity index (χ2v) is 6.45. The minimum absolute atomic E-state index is 0.0108. The van der Waals surface area contributed by atoms with Gasteiger partial charge in [-0.15, -0.1) is 0 Å². The predicted molar refractivity (Wildman–Crippen MR) is 93.0 cm³/mol. The molecule has 2 aromatic rings. The molecule has 2 unspecified atom stereocenters. The van der Waals surface area contributed by atoms with Gasteiger partial charge in [-0.05, 0) is 47.7 Å². The van der Waals surface area contributed by atoms with Crippen LogP contribution < -0.4 is 16.2 Å². The summed E-state index contributed by atoms with van der Waals surface area (Å²) in [5.74, 6) is 0.0769. The van der Waals surface area contributed by atoms with Gasteiger partial charge in [0.25, 0.3) is 0 Å². The smallest absolute Gasteiger partial charge is 0.242 e. The monoisotopic (exact) mass is 327 g/mol. The topological polar surface area (TPSA) is 53.2 Å². The first-order valence-corrected chi connectivity index (χ1v) is 8.20. The van der Waals surface area contributed by atoms with Crippen molar-refractivity contribution in [3.63, 3.8) is 0 Å². The Bertz CT molecular complexity index is 715. The van der Waals surface area contributed by atoms with Gasteiger partial charge in [-0.2, -0.15) is 0 Å². The first kappa shape index (κ1) is 16.6. The lowest BCUT2D eigenvalue weighted by Gasteiger charge is -2.13. The molecule has 3 N–H and O–H groups in total. The number of hydrogen-bond donors (Lipinski definition) is 3. The molecule has 5 heteroatoms. The van der Waals surface area contributed by atoms with Crippen LogP contribution in [0, 0.1) is 5.82 Å². The highest BCUT2D eigenvalue weighted by molar-refractivity contribution is 5.95. The van der Waals surface area contributed by atoms with Crippen molar-refractivity contribution in [2.45, 2.75) is 38.3 Å². The molecular formula is C19H22FN3O. The van der Waals surface area contributed by atoms with Crippen LogP contribution in [0.4, 0.5) is 10.1 Å². The molecule has 3 rings (SSSR count). The molecule has 2 atom stereocenters. The summed E-state index contributed by atoms with van der Waals surface area (Å²) >= 11 is 0. The highest BCUT2D eigenvalue weighted by atomic mass is 19.1. The van der Waals surface area contributed by atoms with E-state index in [1.165, 1.54) is 17.7 Å². The summed E-state index contributed by atoms with van der Waals surface area (Å²) in [4.78, 5) is 12.5. The van der Waals surface area contributed by atoms with Crippen LogP contribution in [0.25, 0.3) is 0 Å². The van der Waals surface area contributed by atoms with Crippen molar-refractivity contribution < 1.29 is 9.18 Å². The van der Waals surface area contributed by atoms with E-state index in [4.69, 9.17) is 0 Å². The average Bonchev–Trinajstić information content (AvgIpc) is 3.06. The molecule has 0 spiro atoms. The molecule has 4 nitrogen and oxygen atoms in total. The summed E-state index contributed by atoms with van der Waals surface area (Å²) in [7, 11) is 0. The zero-order valence-electron chi connectivity index (χ0n) is 13.8. The molecule has 1 heterocycles. The number of hydrogen-bond acceptors (Lipinski definition) is 3. The fraction of sp³-hybridized carbons (Fsp3) is 0.316. The van der Waals surface area contributed by atoms with E-state index in [0.717, 1.165) is 11.3 Å². The standard InChI is InChI=1S/C19H22FN3O/c1-12(2)14-4-3-5-16(10-14)21-19(24)18-11-17(22-23-18)13-6-8-15(20)9-7-13/h3-10,12,17-18,22-23H,11H2,1-2H3,(H,21,24). The number of anilines is 1. The van der Waals surface area contributed by atoms with Crippen molar-refractivity contribution in [1.82, 2.24) is 10.9 Å². The maximum atomic E-state index is 13.0. The Morgan fingerprint density at radius 3 is 2.62 bits per heavy atom. The number of nitrogens with one attached hydrogen (secondary N) is 3. The predicted octanol–water partition coefficient (Wildman–Crippen LogP) is 3.50. The Morgan fingerprint density at radius 1 is 1.17 bits per heavy atom. The summed E-state index contributed by atoms with van der Waals surface area (Å²) in [5, 5.41) is 2.96. The van der Waals surface area contributed by atoms with Crippen LogP contribution in [0.5, 0.6) is 0 Å². The Morgan fingerprint density at radius 2 is 1.92 bits per heavy atom. The molecule has 0 aromatic heterocycles. The first-order chi connectivity index (χ1) is 11.5. The summed E-state index contributed by atoms with van der Waals surface area (Å²) in [6, 6.07) is 13.9. The molecule has 1 saturated heterocycles. The van der Waals surface area contributed by atoms with Gasteiger partial charge < -0.3 is 5.32 Å². The van der Waals surface area contributed by atoms with E-state index in [9.17, 15) is 9.18 Å². The van der Waals surface area contributed by atoms with E-state index in [1.54, 1.807) is 12.1 Å². The van der Waals surface area contributed by atoms with Crippen LogP contribution in [-0.4, -0.2) is 11.9 Å². The van der Waals surface area contributed by atoms with E-state index in [1.807, 2.05) is 18.2 Å². The largest absolute Gasteiger partial charge is 0.325 e. The average molecular weight is 327 g/mol. The lowest BCUT2D eigenvalue weighted by atomic mass is 10.0. The highest BCUT2D eigenvalue weighted by Crippen LogP contribution is 2.24. The van der Waals surface area contributed by atoms with Gasteiger partial charge in [0.2, 0.25) is 5.91 Å². The fourth-order valence-electron chi connectivity index (χ4n) is 2.85. The number of rotatable bonds is 4. The van der Waals surface area contributed by atoms with Crippen molar-refractivity contribution in [2.24, 2.45) is 0 Å². The zero-order chi connectivity index (χ0) is 17.1. The van der Waals surface area contributed by atoms with E-state index in [2.05, 4.69) is 36.1 Å². The van der Waals surface area contributed by atoms with Crippen molar-refractivity contribution in [3.05, 3.63) is 65.5 Å². The number of amides is 1. The number of carbonyl (C=O) groups excluding carboxylic acids is 1. The molecule has 0 saturated carbocycles. The van der Waals surface area contributed by atoms with Gasteiger partial charge in [0, 0.05) is 11.7 Å². The normalized spacial score (nSPS) is 20.3. The van der Waals surface area contributed by atoms with E-state index >= 15 is 0 Å². The number of carbonyl (C=O) groups is 1. The molecule has 0 radical (unpaired) electrons. The van der Waals surface area contributed by atoms with Crippen LogP contribution >= 0.6 is 0 Å². The van der Waals surface area contributed by atoms with Gasteiger partial charge >= 0.3 is 0 Å². The first-order valence-electron chi connectivity index (χ1n) is 8.20. The van der Waals surface area contributed by atoms with Crippen molar-refractivity contribution in [2.75, 3.05) is 5.32 Å². The molecule has 1 aliphatic rings. The molecule has 1 amide bonds. The molecule has 126 valence electrons. The highest BCUT2D eigenvalue weighted by Gasteiger charge is 2.30. The third kappa shape index (κ3) is 3.80. The summed E-state index contributed by atoms with van der Waals surface area (Å²) in [5.41, 5.74) is 9.08. The van der Waals surface area contributed by atoms with Gasteiger partial charge in [-0.1, -0.05) is 38.1 Å². The molecule has 0 bridgehead atoms. The van der Waals surface area contributed by atoms with Crippen molar-refractivity contribution >= 4 is 11.6 Å². The van der Waals surface area contributed by atoms with Crippen LogP contribution in [0.3, 0.4) is 0 Å². The molecule has 1 aliphatic heterocycles. The van der Waals surface area contributed by atoms with Gasteiger partial charge in [0.15, 0.2) is 0 Å². The Kier molecular flexibility index (Phi) is 4.92. The quantitative estimate of drug-likeness (QED) is 0.806. The van der Waals surface area contributed by atoms with Crippen LogP contribution in [-0.2, 0) is 4.79 Å². The zero-order valence-corrected chi connectivity index (χ0v) is 13.8. The molecular weight excluding hydrogens is 305 g/mol. The fourth-order valence-corrected chi connectivity index (χ4v) is 2.85. The summed E-state index contributed by atoms with van der Waals surface area (Å²) in [6.07, 6.45) is 0.612. The van der Waals surface area contributed by atoms with Crippen molar-refractivity contribution in [1.29, 1.82) is 0 Å². The Hall–Kier alpha value is -2.24. The molecule has 0 aliphatic carbocycles. The van der Waals surface area contributed by atoms with Gasteiger partial charge in [0.1, 0.15) is 11.9 Å². The maximum Gasteiger partial charge on any atom is 0.242 e. The van der Waals surface area contributed by atoms with Crippen LogP contribution in [0.2, 0.25) is 0 Å². The minimum atomic E-state index is -0.331. The van der Waals surface area contributed by atoms with Crippen LogP contribution in [0.1, 0.15) is 43.4 Å². The van der Waals surface area contributed by atoms with E-state index in [0.29, 0.717) is 12.3 Å². The lowest BCUT2D eigenvalue weighted by Crippen LogP contribution is -2.39. The van der Waals surface area contributed by atoms with Gasteiger partial charge in [-0.3, -0.25) is 4.79 Å².